The van der Waals surface area contributed by atoms with E-state index in [1.54, 1.807) is 36.4 Å². The summed E-state index contributed by atoms with van der Waals surface area (Å²) in [5, 5.41) is 9.87. The molecule has 2 aliphatic rings. The Bertz CT molecular complexity index is 1700. The van der Waals surface area contributed by atoms with E-state index in [1.807, 2.05) is 24.3 Å². The third-order valence-electron chi connectivity index (χ3n) is 6.68. The first-order valence-corrected chi connectivity index (χ1v) is 13.1. The van der Waals surface area contributed by atoms with Gasteiger partial charge in [0.2, 0.25) is 15.9 Å². The second kappa shape index (κ2) is 7.99. The minimum atomic E-state index is -3.91. The molecule has 37 heavy (non-hydrogen) atoms. The maximum atomic E-state index is 14.1. The molecule has 1 atom stereocenters. The van der Waals surface area contributed by atoms with Crippen molar-refractivity contribution in [2.45, 2.75) is 36.1 Å². The van der Waals surface area contributed by atoms with Crippen LogP contribution in [-0.4, -0.2) is 25.3 Å². The number of nitrogens with zero attached hydrogens (tertiary/aromatic N) is 1. The largest absolute Gasteiger partial charge is 0.423 e. The highest BCUT2D eigenvalue weighted by atomic mass is 32.2. The number of nitrogens with one attached hydrogen (secondary N) is 1. The molecule has 1 aliphatic carbocycles. The number of primary sulfonamides is 1. The molecule has 1 aliphatic heterocycles. The summed E-state index contributed by atoms with van der Waals surface area (Å²) in [4.78, 5) is 18.2. The lowest BCUT2D eigenvalue weighted by Crippen LogP contribution is -2.28. The van der Waals surface area contributed by atoms with E-state index < -0.39 is 21.5 Å². The number of hydrogen-bond donors (Lipinski definition) is 2. The van der Waals surface area contributed by atoms with Gasteiger partial charge in [-0.1, -0.05) is 42.5 Å². The van der Waals surface area contributed by atoms with Crippen molar-refractivity contribution in [1.82, 2.24) is 4.98 Å². The molecular formula is C27H22FN3O5S. The molecule has 1 amide bonds. The van der Waals surface area contributed by atoms with Crippen LogP contribution in [0.1, 0.15) is 25.3 Å². The molecule has 1 saturated carbocycles. The fourth-order valence-electron chi connectivity index (χ4n) is 4.69. The van der Waals surface area contributed by atoms with E-state index in [4.69, 9.17) is 14.6 Å². The zero-order valence-corrected chi connectivity index (χ0v) is 20.5. The number of hydrogen-bond acceptors (Lipinski definition) is 6. The number of amides is 1. The van der Waals surface area contributed by atoms with Crippen LogP contribution in [0.5, 0.6) is 11.5 Å². The number of fused-ring (bicyclic) bond motifs is 2. The first kappa shape index (κ1) is 23.4. The average molecular weight is 520 g/mol. The van der Waals surface area contributed by atoms with Crippen molar-refractivity contribution in [3.63, 3.8) is 0 Å². The quantitative estimate of drug-likeness (QED) is 0.397. The number of sulfonamides is 1. The van der Waals surface area contributed by atoms with Crippen molar-refractivity contribution in [1.29, 1.82) is 0 Å². The van der Waals surface area contributed by atoms with Crippen molar-refractivity contribution in [3.05, 3.63) is 78.4 Å². The van der Waals surface area contributed by atoms with Gasteiger partial charge in [-0.25, -0.2) is 18.5 Å². The van der Waals surface area contributed by atoms with Crippen molar-refractivity contribution < 1.29 is 27.1 Å². The molecule has 6 rings (SSSR count). The molecule has 3 N–H and O–H groups in total. The van der Waals surface area contributed by atoms with Gasteiger partial charge in [-0.05, 0) is 54.1 Å². The summed E-state index contributed by atoms with van der Waals surface area (Å²) in [7, 11) is -3.91. The van der Waals surface area contributed by atoms with E-state index in [9.17, 15) is 17.6 Å². The van der Waals surface area contributed by atoms with Crippen LogP contribution in [0.25, 0.3) is 22.0 Å². The molecule has 0 radical (unpaired) electrons. The lowest BCUT2D eigenvalue weighted by Gasteiger charge is -2.17. The zero-order valence-electron chi connectivity index (χ0n) is 19.7. The Kier molecular flexibility index (Phi) is 5.05. The predicted octanol–water partition coefficient (Wildman–Crippen LogP) is 4.63. The van der Waals surface area contributed by atoms with Crippen LogP contribution >= 0.6 is 0 Å². The fraction of sp³-hybridized carbons (Fsp3) is 0.185. The highest BCUT2D eigenvalue weighted by molar-refractivity contribution is 7.89. The van der Waals surface area contributed by atoms with Crippen LogP contribution < -0.4 is 19.9 Å². The highest BCUT2D eigenvalue weighted by Crippen LogP contribution is 2.52. The van der Waals surface area contributed by atoms with Gasteiger partial charge in [-0.15, -0.1) is 0 Å². The Hall–Kier alpha value is -4.02. The summed E-state index contributed by atoms with van der Waals surface area (Å²) >= 11 is 0. The van der Waals surface area contributed by atoms with Gasteiger partial charge < -0.3 is 14.8 Å². The average Bonchev–Trinajstić information content (AvgIpc) is 3.60. The number of benzene rings is 3. The Morgan fingerprint density at radius 2 is 1.76 bits per heavy atom. The van der Waals surface area contributed by atoms with E-state index >= 15 is 0 Å². The topological polar surface area (TPSA) is 121 Å². The van der Waals surface area contributed by atoms with E-state index in [0.717, 1.165) is 10.8 Å². The van der Waals surface area contributed by atoms with Crippen LogP contribution in [0.4, 0.5) is 10.2 Å². The summed E-state index contributed by atoms with van der Waals surface area (Å²) in [5.74, 6) is 0.611. The molecule has 1 fully saturated rings. The molecule has 0 bridgehead atoms. The predicted molar refractivity (Wildman–Crippen MR) is 135 cm³/mol. The molecule has 188 valence electrons. The van der Waals surface area contributed by atoms with Gasteiger partial charge >= 0.3 is 6.04 Å². The number of halogens is 1. The van der Waals surface area contributed by atoms with Crippen molar-refractivity contribution in [2.24, 2.45) is 5.14 Å². The Balaban J connectivity index is 1.36. The van der Waals surface area contributed by atoms with Crippen LogP contribution in [0.15, 0.2) is 77.7 Å². The third-order valence-corrected chi connectivity index (χ3v) is 7.59. The number of anilines is 1. The minimum absolute atomic E-state index is 0.0329. The molecule has 1 aromatic heterocycles. The van der Waals surface area contributed by atoms with Gasteiger partial charge in [0.05, 0.1) is 16.0 Å². The molecule has 2 heterocycles. The van der Waals surface area contributed by atoms with E-state index in [2.05, 4.69) is 10.3 Å². The molecule has 8 nitrogen and oxygen atoms in total. The molecule has 0 spiro atoms. The number of carbonyl (C=O) groups excluding carboxylic acids is 1. The molecule has 1 unspecified atom stereocenters. The number of alkyl halides is 1. The van der Waals surface area contributed by atoms with E-state index in [-0.39, 0.29) is 22.3 Å². The summed E-state index contributed by atoms with van der Waals surface area (Å²) < 4.78 is 48.3. The van der Waals surface area contributed by atoms with Crippen molar-refractivity contribution in [2.75, 3.05) is 5.32 Å². The number of nitrogens with two attached hydrogens (primary N) is 1. The van der Waals surface area contributed by atoms with Crippen LogP contribution in [0, 0.1) is 0 Å². The molecule has 3 aromatic carbocycles. The molecule has 4 aromatic rings. The monoisotopic (exact) mass is 519 g/mol. The zero-order chi connectivity index (χ0) is 26.0. The second-order valence-electron chi connectivity index (χ2n) is 9.39. The number of carbonyl (C=O) groups is 1. The van der Waals surface area contributed by atoms with Gasteiger partial charge in [0, 0.05) is 17.9 Å². The minimum Gasteiger partial charge on any atom is -0.423 e. The summed E-state index contributed by atoms with van der Waals surface area (Å²) in [5.41, 5.74) is 0.959. The van der Waals surface area contributed by atoms with Crippen molar-refractivity contribution in [3.8, 4) is 22.8 Å². The number of pyridine rings is 1. The van der Waals surface area contributed by atoms with Gasteiger partial charge in [0.1, 0.15) is 5.82 Å². The first-order valence-electron chi connectivity index (χ1n) is 11.6. The lowest BCUT2D eigenvalue weighted by atomic mass is 9.94. The standard InChI is InChI=1S/C27H22FN3O5S/c1-26(28)35-21-10-9-18(15-22(21)36-26)27(11-12-27)25(32)31-23-14-16-5-2-3-8-20(16)24(30-23)17-6-4-7-19(13-17)37(29,33)34/h2-10,13-15H,11-12H2,1H3,(H2,29,33,34)(H,30,31,32). The maximum absolute atomic E-state index is 14.1. The van der Waals surface area contributed by atoms with Gasteiger partial charge in [-0.3, -0.25) is 4.79 Å². The second-order valence-corrected chi connectivity index (χ2v) is 10.9. The Morgan fingerprint density at radius 3 is 2.51 bits per heavy atom. The number of aromatic nitrogens is 1. The Labute approximate surface area is 212 Å². The van der Waals surface area contributed by atoms with E-state index in [0.29, 0.717) is 35.5 Å². The fourth-order valence-corrected chi connectivity index (χ4v) is 5.25. The number of rotatable bonds is 5. The SMILES string of the molecule is CC1(F)Oc2ccc(C3(C(=O)Nc4cc5ccccc5c(-c5cccc(S(N)(=O)=O)c5)n4)CC3)cc2O1. The van der Waals surface area contributed by atoms with Crippen molar-refractivity contribution >= 4 is 32.5 Å². The molecule has 0 saturated heterocycles. The molecular weight excluding hydrogens is 497 g/mol. The smallest absolute Gasteiger partial charge is 0.404 e. The third kappa shape index (κ3) is 4.17. The lowest BCUT2D eigenvalue weighted by molar-refractivity contribution is -0.173. The summed E-state index contributed by atoms with van der Waals surface area (Å²) in [6.07, 6.45) is 1.23. The van der Waals surface area contributed by atoms with Crippen LogP contribution in [0.2, 0.25) is 0 Å². The van der Waals surface area contributed by atoms with Crippen LogP contribution in [-0.2, 0) is 20.2 Å². The molecule has 10 heteroatoms. The highest BCUT2D eigenvalue weighted by Gasteiger charge is 2.52. The summed E-state index contributed by atoms with van der Waals surface area (Å²) in [6, 6.07) is 18.2. The maximum Gasteiger partial charge on any atom is 0.404 e. The van der Waals surface area contributed by atoms with Gasteiger partial charge in [0.25, 0.3) is 0 Å². The number of ether oxygens (including phenoxy) is 2. The first-order chi connectivity index (χ1) is 17.5. The van der Waals surface area contributed by atoms with E-state index in [1.165, 1.54) is 19.1 Å². The van der Waals surface area contributed by atoms with Gasteiger partial charge in [0.15, 0.2) is 11.5 Å². The Morgan fingerprint density at radius 1 is 1.00 bits per heavy atom. The van der Waals surface area contributed by atoms with Gasteiger partial charge in [-0.2, -0.15) is 4.39 Å². The summed E-state index contributed by atoms with van der Waals surface area (Å²) in [6.45, 7) is 1.17. The van der Waals surface area contributed by atoms with Crippen LogP contribution in [0.3, 0.4) is 0 Å². The normalized spacial score (nSPS) is 19.5.